The predicted molar refractivity (Wildman–Crippen MR) is 127 cm³/mol. The fourth-order valence-corrected chi connectivity index (χ4v) is 3.20. The van der Waals surface area contributed by atoms with Crippen molar-refractivity contribution >= 4 is 35.8 Å². The van der Waals surface area contributed by atoms with Crippen molar-refractivity contribution in [3.05, 3.63) is 65.5 Å². The van der Waals surface area contributed by atoms with Crippen molar-refractivity contribution in [2.45, 2.75) is 25.2 Å². The number of guanidine groups is 1. The number of aliphatic imine (C=N–C) groups is 1. The standard InChI is InChI=1S/C22H27FN4O2.HI/c1-2-24-21(26-14-13-25-20(29)16-7-9-17(28)10-8-16)27-15-22(11-12-22)18-5-3-4-6-19(18)23;/h3-10,28H,2,11-15H2,1H3,(H,25,29)(H2,24,26,27);1H. The predicted octanol–water partition coefficient (Wildman–Crippen LogP) is 3.17. The molecule has 1 saturated carbocycles. The maximum Gasteiger partial charge on any atom is 0.251 e. The fourth-order valence-electron chi connectivity index (χ4n) is 3.20. The second-order valence-electron chi connectivity index (χ2n) is 7.18. The van der Waals surface area contributed by atoms with Crippen molar-refractivity contribution in [2.24, 2.45) is 4.99 Å². The zero-order valence-electron chi connectivity index (χ0n) is 17.0. The lowest BCUT2D eigenvalue weighted by molar-refractivity contribution is 0.0954. The molecule has 1 fully saturated rings. The molecule has 1 aliphatic rings. The Morgan fingerprint density at radius 3 is 2.37 bits per heavy atom. The van der Waals surface area contributed by atoms with E-state index in [0.29, 0.717) is 37.7 Å². The molecule has 4 N–H and O–H groups in total. The van der Waals surface area contributed by atoms with Crippen molar-refractivity contribution in [2.75, 3.05) is 26.2 Å². The molecule has 0 aliphatic heterocycles. The third kappa shape index (κ3) is 6.32. The average Bonchev–Trinajstić information content (AvgIpc) is 3.51. The van der Waals surface area contributed by atoms with E-state index in [4.69, 9.17) is 0 Å². The SMILES string of the molecule is CCNC(=NCC1(c2ccccc2F)CC1)NCCNC(=O)c1ccc(O)cc1.I. The van der Waals surface area contributed by atoms with Crippen molar-refractivity contribution in [3.63, 3.8) is 0 Å². The van der Waals surface area contributed by atoms with Crippen LogP contribution in [-0.4, -0.2) is 43.2 Å². The Labute approximate surface area is 193 Å². The summed E-state index contributed by atoms with van der Waals surface area (Å²) in [5.74, 6) is 0.396. The van der Waals surface area contributed by atoms with Gasteiger partial charge in [0.05, 0.1) is 6.54 Å². The summed E-state index contributed by atoms with van der Waals surface area (Å²) in [6, 6.07) is 13.0. The Kier molecular flexibility index (Phi) is 8.88. The number of phenolic OH excluding ortho intramolecular Hbond substituents is 1. The summed E-state index contributed by atoms with van der Waals surface area (Å²) < 4.78 is 14.2. The fraction of sp³-hybridized carbons (Fsp3) is 0.364. The van der Waals surface area contributed by atoms with Crippen molar-refractivity contribution in [1.82, 2.24) is 16.0 Å². The van der Waals surface area contributed by atoms with E-state index in [9.17, 15) is 14.3 Å². The molecule has 3 rings (SSSR count). The van der Waals surface area contributed by atoms with E-state index in [1.165, 1.54) is 18.2 Å². The van der Waals surface area contributed by atoms with Gasteiger partial charge in [0.1, 0.15) is 11.6 Å². The summed E-state index contributed by atoms with van der Waals surface area (Å²) in [5, 5.41) is 18.5. The van der Waals surface area contributed by atoms with Crippen LogP contribution in [0, 0.1) is 5.82 Å². The largest absolute Gasteiger partial charge is 0.508 e. The summed E-state index contributed by atoms with van der Waals surface area (Å²) in [5.41, 5.74) is 1.02. The van der Waals surface area contributed by atoms with Crippen LogP contribution in [0.1, 0.15) is 35.7 Å². The quantitative estimate of drug-likeness (QED) is 0.184. The lowest BCUT2D eigenvalue weighted by atomic mass is 9.95. The Hall–Kier alpha value is -2.36. The summed E-state index contributed by atoms with van der Waals surface area (Å²) in [7, 11) is 0. The van der Waals surface area contributed by atoms with Gasteiger partial charge in [-0.25, -0.2) is 4.39 Å². The van der Waals surface area contributed by atoms with Gasteiger partial charge >= 0.3 is 0 Å². The van der Waals surface area contributed by atoms with Crippen LogP contribution in [0.2, 0.25) is 0 Å². The van der Waals surface area contributed by atoms with Gasteiger partial charge in [-0.2, -0.15) is 0 Å². The third-order valence-corrected chi connectivity index (χ3v) is 5.02. The van der Waals surface area contributed by atoms with Gasteiger partial charge in [0, 0.05) is 30.6 Å². The van der Waals surface area contributed by atoms with E-state index in [-0.39, 0.29) is 46.9 Å². The van der Waals surface area contributed by atoms with Crippen LogP contribution in [0.3, 0.4) is 0 Å². The van der Waals surface area contributed by atoms with Gasteiger partial charge < -0.3 is 21.1 Å². The summed E-state index contributed by atoms with van der Waals surface area (Å²) in [4.78, 5) is 16.7. The zero-order chi connectivity index (χ0) is 20.7. The summed E-state index contributed by atoms with van der Waals surface area (Å²) in [6.45, 7) is 4.13. The van der Waals surface area contributed by atoms with E-state index in [0.717, 1.165) is 18.4 Å². The minimum atomic E-state index is -0.208. The highest BCUT2D eigenvalue weighted by molar-refractivity contribution is 14.0. The average molecular weight is 526 g/mol. The van der Waals surface area contributed by atoms with Crippen LogP contribution in [0.25, 0.3) is 0 Å². The van der Waals surface area contributed by atoms with Crippen LogP contribution >= 0.6 is 24.0 Å². The second kappa shape index (κ2) is 11.1. The number of halogens is 2. The highest BCUT2D eigenvalue weighted by Crippen LogP contribution is 2.49. The molecule has 30 heavy (non-hydrogen) atoms. The van der Waals surface area contributed by atoms with Gasteiger partial charge in [-0.15, -0.1) is 24.0 Å². The van der Waals surface area contributed by atoms with Crippen LogP contribution in [-0.2, 0) is 5.41 Å². The van der Waals surface area contributed by atoms with Gasteiger partial charge in [-0.3, -0.25) is 9.79 Å². The first-order valence-electron chi connectivity index (χ1n) is 9.88. The van der Waals surface area contributed by atoms with E-state index in [2.05, 4.69) is 20.9 Å². The Morgan fingerprint density at radius 2 is 1.73 bits per heavy atom. The molecular weight excluding hydrogens is 498 g/mol. The summed E-state index contributed by atoms with van der Waals surface area (Å²) in [6.07, 6.45) is 1.86. The molecule has 6 nitrogen and oxygen atoms in total. The molecule has 1 aliphatic carbocycles. The third-order valence-electron chi connectivity index (χ3n) is 5.02. The van der Waals surface area contributed by atoms with Crippen LogP contribution < -0.4 is 16.0 Å². The van der Waals surface area contributed by atoms with E-state index < -0.39 is 0 Å². The number of carbonyl (C=O) groups is 1. The van der Waals surface area contributed by atoms with Crippen LogP contribution in [0.15, 0.2) is 53.5 Å². The normalized spacial score (nSPS) is 14.4. The topological polar surface area (TPSA) is 85.8 Å². The molecule has 162 valence electrons. The lowest BCUT2D eigenvalue weighted by Gasteiger charge is -2.16. The number of amides is 1. The molecule has 0 radical (unpaired) electrons. The minimum absolute atomic E-state index is 0. The second-order valence-corrected chi connectivity index (χ2v) is 7.18. The number of phenols is 1. The molecule has 2 aromatic rings. The number of hydrogen-bond donors (Lipinski definition) is 4. The van der Waals surface area contributed by atoms with E-state index >= 15 is 0 Å². The van der Waals surface area contributed by atoms with Crippen molar-refractivity contribution < 1.29 is 14.3 Å². The smallest absolute Gasteiger partial charge is 0.251 e. The Morgan fingerprint density at radius 1 is 1.07 bits per heavy atom. The molecule has 1 amide bonds. The molecule has 0 unspecified atom stereocenters. The molecule has 8 heteroatoms. The Balaban J connectivity index is 0.00000320. The first-order chi connectivity index (χ1) is 14.0. The van der Waals surface area contributed by atoms with Gasteiger partial charge in [-0.05, 0) is 55.7 Å². The first kappa shape index (κ1) is 23.9. The Bertz CT molecular complexity index is 870. The maximum atomic E-state index is 14.2. The molecular formula is C22H28FIN4O2. The molecule has 0 spiro atoms. The summed E-state index contributed by atoms with van der Waals surface area (Å²) >= 11 is 0. The van der Waals surface area contributed by atoms with Gasteiger partial charge in [0.2, 0.25) is 0 Å². The molecule has 0 saturated heterocycles. The van der Waals surface area contributed by atoms with E-state index in [1.54, 1.807) is 18.2 Å². The molecule has 0 aromatic heterocycles. The van der Waals surface area contributed by atoms with Gasteiger partial charge in [0.15, 0.2) is 5.96 Å². The highest BCUT2D eigenvalue weighted by atomic mass is 127. The number of benzene rings is 2. The first-order valence-corrected chi connectivity index (χ1v) is 9.88. The number of nitrogens with zero attached hydrogens (tertiary/aromatic N) is 1. The van der Waals surface area contributed by atoms with Gasteiger partial charge in [-0.1, -0.05) is 18.2 Å². The van der Waals surface area contributed by atoms with Crippen LogP contribution in [0.5, 0.6) is 5.75 Å². The number of hydrogen-bond acceptors (Lipinski definition) is 3. The molecule has 2 aromatic carbocycles. The number of carbonyl (C=O) groups excluding carboxylic acids is 1. The highest BCUT2D eigenvalue weighted by Gasteiger charge is 2.45. The van der Waals surface area contributed by atoms with E-state index in [1.807, 2.05) is 19.1 Å². The monoisotopic (exact) mass is 526 g/mol. The number of aromatic hydroxyl groups is 1. The minimum Gasteiger partial charge on any atom is -0.508 e. The molecule has 0 bridgehead atoms. The molecule has 0 heterocycles. The maximum absolute atomic E-state index is 14.2. The van der Waals surface area contributed by atoms with Gasteiger partial charge in [0.25, 0.3) is 5.91 Å². The lowest BCUT2D eigenvalue weighted by Crippen LogP contribution is -2.42. The molecule has 0 atom stereocenters. The zero-order valence-corrected chi connectivity index (χ0v) is 19.3. The van der Waals surface area contributed by atoms with Crippen LogP contribution in [0.4, 0.5) is 4.39 Å². The number of nitrogens with one attached hydrogen (secondary N) is 3. The van der Waals surface area contributed by atoms with Crippen molar-refractivity contribution in [3.8, 4) is 5.75 Å². The van der Waals surface area contributed by atoms with Crippen molar-refractivity contribution in [1.29, 1.82) is 0 Å². The number of rotatable bonds is 8.